The van der Waals surface area contributed by atoms with Crippen LogP contribution in [0.25, 0.3) is 0 Å². The molecule has 1 aliphatic rings. The van der Waals surface area contributed by atoms with Crippen molar-refractivity contribution in [1.29, 1.82) is 0 Å². The van der Waals surface area contributed by atoms with Crippen LogP contribution in [0.1, 0.15) is 6.42 Å². The van der Waals surface area contributed by atoms with E-state index in [2.05, 4.69) is 9.47 Å². The minimum absolute atomic E-state index is 0.229. The van der Waals surface area contributed by atoms with Crippen molar-refractivity contribution in [1.82, 2.24) is 0 Å². The third-order valence-electron chi connectivity index (χ3n) is 2.00. The van der Waals surface area contributed by atoms with Crippen molar-refractivity contribution in [2.75, 3.05) is 20.8 Å². The molecule has 0 aliphatic carbocycles. The zero-order chi connectivity index (χ0) is 9.84. The number of carbonyl (C=O) groups is 2. The zero-order valence-corrected chi connectivity index (χ0v) is 7.61. The van der Waals surface area contributed by atoms with Crippen molar-refractivity contribution in [3.05, 3.63) is 0 Å². The number of hydrogen-bond donors (Lipinski definition) is 0. The van der Waals surface area contributed by atoms with E-state index in [4.69, 9.17) is 4.74 Å². The van der Waals surface area contributed by atoms with Crippen LogP contribution in [-0.4, -0.2) is 38.9 Å². The molecule has 0 saturated carbocycles. The molecule has 1 heterocycles. The molecule has 74 valence electrons. The van der Waals surface area contributed by atoms with Crippen LogP contribution in [0, 0.1) is 5.92 Å². The SMILES string of the molecule is COC(=O)[C@H]1CO[C@@H](C(=O)OC)C1. The van der Waals surface area contributed by atoms with Gasteiger partial charge in [0.2, 0.25) is 0 Å². The summed E-state index contributed by atoms with van der Waals surface area (Å²) in [4.78, 5) is 22.0. The van der Waals surface area contributed by atoms with Crippen molar-refractivity contribution >= 4 is 11.9 Å². The lowest BCUT2D eigenvalue weighted by Crippen LogP contribution is -2.22. The van der Waals surface area contributed by atoms with Crippen LogP contribution in [0.5, 0.6) is 0 Å². The van der Waals surface area contributed by atoms with Crippen molar-refractivity contribution < 1.29 is 23.8 Å². The number of esters is 2. The van der Waals surface area contributed by atoms with E-state index >= 15 is 0 Å². The Labute approximate surface area is 76.0 Å². The number of methoxy groups -OCH3 is 2. The number of rotatable bonds is 2. The summed E-state index contributed by atoms with van der Waals surface area (Å²) >= 11 is 0. The van der Waals surface area contributed by atoms with Crippen LogP contribution in [0.2, 0.25) is 0 Å². The van der Waals surface area contributed by atoms with E-state index in [1.165, 1.54) is 14.2 Å². The molecule has 0 unspecified atom stereocenters. The molecule has 0 radical (unpaired) electrons. The van der Waals surface area contributed by atoms with Gasteiger partial charge < -0.3 is 14.2 Å². The predicted molar refractivity (Wildman–Crippen MR) is 41.9 cm³/mol. The van der Waals surface area contributed by atoms with Gasteiger partial charge in [-0.05, 0) is 6.42 Å². The monoisotopic (exact) mass is 188 g/mol. The molecule has 1 fully saturated rings. The number of hydrogen-bond acceptors (Lipinski definition) is 5. The summed E-state index contributed by atoms with van der Waals surface area (Å²) in [5, 5.41) is 0. The maximum atomic E-state index is 11.0. The minimum atomic E-state index is -0.617. The highest BCUT2D eigenvalue weighted by Crippen LogP contribution is 2.21. The lowest BCUT2D eigenvalue weighted by molar-refractivity contribution is -0.151. The summed E-state index contributed by atoms with van der Waals surface area (Å²) in [6, 6.07) is 0. The molecule has 1 aliphatic heterocycles. The highest BCUT2D eigenvalue weighted by Gasteiger charge is 2.36. The fourth-order valence-electron chi connectivity index (χ4n) is 1.25. The molecule has 0 aromatic heterocycles. The van der Waals surface area contributed by atoms with Gasteiger partial charge in [0.25, 0.3) is 0 Å². The Morgan fingerprint density at radius 2 is 1.85 bits per heavy atom. The number of ether oxygens (including phenoxy) is 3. The first kappa shape index (κ1) is 9.98. The Morgan fingerprint density at radius 1 is 1.23 bits per heavy atom. The van der Waals surface area contributed by atoms with Crippen molar-refractivity contribution in [3.8, 4) is 0 Å². The largest absolute Gasteiger partial charge is 0.469 e. The molecule has 13 heavy (non-hydrogen) atoms. The van der Waals surface area contributed by atoms with E-state index in [0.29, 0.717) is 6.42 Å². The molecule has 0 bridgehead atoms. The molecule has 0 spiro atoms. The molecule has 0 aromatic rings. The van der Waals surface area contributed by atoms with E-state index < -0.39 is 12.1 Å². The summed E-state index contributed by atoms with van der Waals surface area (Å²) in [5.74, 6) is -1.12. The lowest BCUT2D eigenvalue weighted by atomic mass is 10.1. The molecular formula is C8H12O5. The molecule has 0 aromatic carbocycles. The summed E-state index contributed by atoms with van der Waals surface area (Å²) in [6.45, 7) is 0.229. The van der Waals surface area contributed by atoms with Crippen molar-refractivity contribution in [2.45, 2.75) is 12.5 Å². The average Bonchev–Trinajstić information content (AvgIpc) is 2.64. The van der Waals surface area contributed by atoms with Crippen LogP contribution in [-0.2, 0) is 23.8 Å². The van der Waals surface area contributed by atoms with Gasteiger partial charge in [-0.3, -0.25) is 4.79 Å². The summed E-state index contributed by atoms with van der Waals surface area (Å²) in [7, 11) is 2.60. The van der Waals surface area contributed by atoms with Crippen LogP contribution in [0.15, 0.2) is 0 Å². The minimum Gasteiger partial charge on any atom is -0.469 e. The van der Waals surface area contributed by atoms with Crippen molar-refractivity contribution in [3.63, 3.8) is 0 Å². The Balaban J connectivity index is 2.44. The summed E-state index contributed by atoms with van der Waals surface area (Å²) < 4.78 is 14.1. The normalized spacial score (nSPS) is 26.9. The molecular weight excluding hydrogens is 176 g/mol. The molecule has 1 rings (SSSR count). The average molecular weight is 188 g/mol. The standard InChI is InChI=1S/C8H12O5/c1-11-7(9)5-3-6(13-4-5)8(10)12-2/h5-6H,3-4H2,1-2H3/t5-,6-/m1/s1. The van der Waals surface area contributed by atoms with Gasteiger partial charge >= 0.3 is 11.9 Å². The predicted octanol–water partition coefficient (Wildman–Crippen LogP) is -0.263. The molecule has 0 N–H and O–H groups in total. The summed E-state index contributed by atoms with van der Waals surface area (Å²) in [6.07, 6.45) is -0.270. The van der Waals surface area contributed by atoms with Crippen LogP contribution in [0.4, 0.5) is 0 Å². The lowest BCUT2D eigenvalue weighted by Gasteiger charge is -2.05. The van der Waals surface area contributed by atoms with Gasteiger partial charge in [-0.1, -0.05) is 0 Å². The molecule has 1 saturated heterocycles. The van der Waals surface area contributed by atoms with Gasteiger partial charge in [-0.15, -0.1) is 0 Å². The second kappa shape index (κ2) is 4.23. The second-order valence-electron chi connectivity index (χ2n) is 2.80. The Hall–Kier alpha value is -1.10. The third-order valence-corrected chi connectivity index (χ3v) is 2.00. The van der Waals surface area contributed by atoms with Gasteiger partial charge in [0, 0.05) is 0 Å². The zero-order valence-electron chi connectivity index (χ0n) is 7.61. The van der Waals surface area contributed by atoms with Gasteiger partial charge in [-0.25, -0.2) is 4.79 Å². The fraction of sp³-hybridized carbons (Fsp3) is 0.750. The maximum absolute atomic E-state index is 11.0. The maximum Gasteiger partial charge on any atom is 0.334 e. The smallest absolute Gasteiger partial charge is 0.334 e. The van der Waals surface area contributed by atoms with Gasteiger partial charge in [0.1, 0.15) is 0 Å². The van der Waals surface area contributed by atoms with E-state index in [0.717, 1.165) is 0 Å². The van der Waals surface area contributed by atoms with E-state index in [-0.39, 0.29) is 18.5 Å². The highest BCUT2D eigenvalue weighted by atomic mass is 16.6. The van der Waals surface area contributed by atoms with E-state index in [1.807, 2.05) is 0 Å². The fourth-order valence-corrected chi connectivity index (χ4v) is 1.25. The van der Waals surface area contributed by atoms with Gasteiger partial charge in [0.05, 0.1) is 26.7 Å². The Bertz CT molecular complexity index is 191. The first-order chi connectivity index (χ1) is 6.19. The van der Waals surface area contributed by atoms with Gasteiger partial charge in [0.15, 0.2) is 6.10 Å². The number of carbonyl (C=O) groups excluding carboxylic acids is 2. The van der Waals surface area contributed by atoms with Crippen LogP contribution in [0.3, 0.4) is 0 Å². The first-order valence-corrected chi connectivity index (χ1v) is 3.96. The second-order valence-corrected chi connectivity index (χ2v) is 2.80. The first-order valence-electron chi connectivity index (χ1n) is 3.96. The summed E-state index contributed by atoms with van der Waals surface area (Å²) in [5.41, 5.74) is 0. The third kappa shape index (κ3) is 2.18. The molecule has 0 amide bonds. The molecule has 5 heteroatoms. The molecule has 5 nitrogen and oxygen atoms in total. The quantitative estimate of drug-likeness (QED) is 0.558. The highest BCUT2D eigenvalue weighted by molar-refractivity contribution is 5.78. The molecule has 2 atom stereocenters. The van der Waals surface area contributed by atoms with E-state index in [1.54, 1.807) is 0 Å². The van der Waals surface area contributed by atoms with Crippen molar-refractivity contribution in [2.24, 2.45) is 5.92 Å². The Kier molecular flexibility index (Phi) is 3.25. The van der Waals surface area contributed by atoms with Crippen LogP contribution >= 0.6 is 0 Å². The topological polar surface area (TPSA) is 61.8 Å². The Morgan fingerprint density at radius 3 is 2.38 bits per heavy atom. The van der Waals surface area contributed by atoms with E-state index in [9.17, 15) is 9.59 Å². The van der Waals surface area contributed by atoms with Crippen LogP contribution < -0.4 is 0 Å². The van der Waals surface area contributed by atoms with Gasteiger partial charge in [-0.2, -0.15) is 0 Å².